The van der Waals surface area contributed by atoms with Crippen LogP contribution in [-0.4, -0.2) is 75.4 Å². The fourth-order valence-corrected chi connectivity index (χ4v) is 4.27. The van der Waals surface area contributed by atoms with E-state index in [0.29, 0.717) is 17.8 Å². The van der Waals surface area contributed by atoms with Crippen LogP contribution in [0.3, 0.4) is 0 Å². The van der Waals surface area contributed by atoms with Gasteiger partial charge in [-0.25, -0.2) is 0 Å². The van der Waals surface area contributed by atoms with E-state index in [-0.39, 0.29) is 18.4 Å². The Balaban J connectivity index is 1.46. The molecule has 0 aliphatic carbocycles. The maximum absolute atomic E-state index is 9.88. The number of aliphatic hydroxyl groups excluding tert-OH is 1. The standard InChI is InChI=1S/C19H27N5O2/c1-2-23-9-5-16(6-10-23)24-11-15(13-25)17(12-24)19-21-18(22-26-19)14-3-7-20-8-4-14/h3-4,7-8,15-17,25H,2,5-6,9-13H2,1H3/t15-,17+/m0/s1. The van der Waals surface area contributed by atoms with Gasteiger partial charge in [-0.3, -0.25) is 9.88 Å². The summed E-state index contributed by atoms with van der Waals surface area (Å²) in [4.78, 5) is 13.7. The van der Waals surface area contributed by atoms with Gasteiger partial charge in [0.1, 0.15) is 0 Å². The van der Waals surface area contributed by atoms with Crippen molar-refractivity contribution in [2.75, 3.05) is 39.3 Å². The molecule has 4 rings (SSSR count). The van der Waals surface area contributed by atoms with Crippen LogP contribution in [-0.2, 0) is 0 Å². The van der Waals surface area contributed by atoms with Crippen LogP contribution in [0.4, 0.5) is 0 Å². The van der Waals surface area contributed by atoms with Gasteiger partial charge in [0.05, 0.1) is 5.92 Å². The van der Waals surface area contributed by atoms with Crippen LogP contribution in [0.5, 0.6) is 0 Å². The molecule has 2 fully saturated rings. The number of nitrogens with zero attached hydrogens (tertiary/aromatic N) is 5. The van der Waals surface area contributed by atoms with Gasteiger partial charge in [-0.15, -0.1) is 0 Å². The Morgan fingerprint density at radius 2 is 1.96 bits per heavy atom. The van der Waals surface area contributed by atoms with Crippen molar-refractivity contribution in [3.63, 3.8) is 0 Å². The lowest BCUT2D eigenvalue weighted by Gasteiger charge is -2.36. The summed E-state index contributed by atoms with van der Waals surface area (Å²) in [6, 6.07) is 4.35. The summed E-state index contributed by atoms with van der Waals surface area (Å²) in [5, 5.41) is 14.0. The lowest BCUT2D eigenvalue weighted by atomic mass is 9.97. The average Bonchev–Trinajstić information content (AvgIpc) is 3.35. The Morgan fingerprint density at radius 3 is 2.65 bits per heavy atom. The van der Waals surface area contributed by atoms with Crippen molar-refractivity contribution < 1.29 is 9.63 Å². The maximum atomic E-state index is 9.88. The van der Waals surface area contributed by atoms with E-state index >= 15 is 0 Å². The van der Waals surface area contributed by atoms with E-state index in [9.17, 15) is 5.11 Å². The predicted molar refractivity (Wildman–Crippen MR) is 97.6 cm³/mol. The van der Waals surface area contributed by atoms with Crippen LogP contribution in [0.25, 0.3) is 11.4 Å². The number of likely N-dealkylation sites (tertiary alicyclic amines) is 2. The van der Waals surface area contributed by atoms with Crippen molar-refractivity contribution in [2.45, 2.75) is 31.7 Å². The molecule has 0 unspecified atom stereocenters. The first-order valence-electron chi connectivity index (χ1n) is 9.59. The quantitative estimate of drug-likeness (QED) is 0.871. The number of aliphatic hydroxyl groups is 1. The first-order valence-corrected chi connectivity index (χ1v) is 9.59. The van der Waals surface area contributed by atoms with E-state index in [2.05, 4.69) is 31.8 Å². The first-order chi connectivity index (χ1) is 12.8. The smallest absolute Gasteiger partial charge is 0.231 e. The second-order valence-corrected chi connectivity index (χ2v) is 7.36. The van der Waals surface area contributed by atoms with Gasteiger partial charge < -0.3 is 14.5 Å². The van der Waals surface area contributed by atoms with Crippen LogP contribution in [0, 0.1) is 5.92 Å². The van der Waals surface area contributed by atoms with Gasteiger partial charge in [-0.2, -0.15) is 4.98 Å². The lowest BCUT2D eigenvalue weighted by Crippen LogP contribution is -2.44. The summed E-state index contributed by atoms with van der Waals surface area (Å²) in [5.41, 5.74) is 0.900. The minimum Gasteiger partial charge on any atom is -0.396 e. The van der Waals surface area contributed by atoms with E-state index in [4.69, 9.17) is 4.52 Å². The van der Waals surface area contributed by atoms with Crippen molar-refractivity contribution in [3.05, 3.63) is 30.4 Å². The van der Waals surface area contributed by atoms with E-state index in [1.54, 1.807) is 12.4 Å². The zero-order valence-electron chi connectivity index (χ0n) is 15.3. The van der Waals surface area contributed by atoms with Gasteiger partial charge in [0, 0.05) is 49.6 Å². The van der Waals surface area contributed by atoms with Crippen LogP contribution in [0.1, 0.15) is 31.6 Å². The van der Waals surface area contributed by atoms with Crippen LogP contribution >= 0.6 is 0 Å². The second kappa shape index (κ2) is 7.82. The normalized spacial score (nSPS) is 25.8. The maximum Gasteiger partial charge on any atom is 0.231 e. The summed E-state index contributed by atoms with van der Waals surface area (Å²) < 4.78 is 5.58. The summed E-state index contributed by atoms with van der Waals surface area (Å²) >= 11 is 0. The number of aromatic nitrogens is 3. The molecule has 2 aromatic rings. The Hall–Kier alpha value is -1.83. The molecule has 2 atom stereocenters. The summed E-state index contributed by atoms with van der Waals surface area (Å²) in [6.07, 6.45) is 5.85. The minimum atomic E-state index is 0.104. The molecule has 26 heavy (non-hydrogen) atoms. The number of hydrogen-bond donors (Lipinski definition) is 1. The zero-order valence-corrected chi connectivity index (χ0v) is 15.3. The molecule has 2 aliphatic rings. The molecule has 1 N–H and O–H groups in total. The molecule has 0 aromatic carbocycles. The molecular weight excluding hydrogens is 330 g/mol. The lowest BCUT2D eigenvalue weighted by molar-refractivity contribution is 0.122. The Kier molecular flexibility index (Phi) is 5.28. The fourth-order valence-electron chi connectivity index (χ4n) is 4.27. The second-order valence-electron chi connectivity index (χ2n) is 7.36. The minimum absolute atomic E-state index is 0.104. The third-order valence-electron chi connectivity index (χ3n) is 5.92. The molecule has 7 nitrogen and oxygen atoms in total. The Labute approximate surface area is 154 Å². The summed E-state index contributed by atoms with van der Waals surface area (Å²) in [6.45, 7) is 7.64. The van der Waals surface area contributed by atoms with Crippen LogP contribution in [0.2, 0.25) is 0 Å². The molecule has 0 bridgehead atoms. The molecule has 140 valence electrons. The fraction of sp³-hybridized carbons (Fsp3) is 0.632. The van der Waals surface area contributed by atoms with Crippen LogP contribution in [0.15, 0.2) is 29.0 Å². The molecule has 2 aromatic heterocycles. The topological polar surface area (TPSA) is 78.5 Å². The summed E-state index contributed by atoms with van der Waals surface area (Å²) in [7, 11) is 0. The molecule has 2 aliphatic heterocycles. The largest absolute Gasteiger partial charge is 0.396 e. The molecule has 2 saturated heterocycles. The third-order valence-corrected chi connectivity index (χ3v) is 5.92. The molecule has 0 radical (unpaired) electrons. The molecule has 0 spiro atoms. The molecular formula is C19H27N5O2. The molecule has 0 saturated carbocycles. The number of piperidine rings is 1. The van der Waals surface area contributed by atoms with Crippen molar-refractivity contribution in [3.8, 4) is 11.4 Å². The van der Waals surface area contributed by atoms with Gasteiger partial charge in [0.15, 0.2) is 0 Å². The van der Waals surface area contributed by atoms with Crippen LogP contribution < -0.4 is 0 Å². The Bertz CT molecular complexity index is 699. The highest BCUT2D eigenvalue weighted by Gasteiger charge is 2.40. The van der Waals surface area contributed by atoms with E-state index < -0.39 is 0 Å². The highest BCUT2D eigenvalue weighted by Crippen LogP contribution is 2.35. The predicted octanol–water partition coefficient (Wildman–Crippen LogP) is 1.62. The van der Waals surface area contributed by atoms with Gasteiger partial charge >= 0.3 is 0 Å². The highest BCUT2D eigenvalue weighted by atomic mass is 16.5. The molecule has 4 heterocycles. The van der Waals surface area contributed by atoms with Crippen molar-refractivity contribution in [2.24, 2.45) is 5.92 Å². The molecule has 7 heteroatoms. The average molecular weight is 357 g/mol. The highest BCUT2D eigenvalue weighted by molar-refractivity contribution is 5.52. The molecule has 0 amide bonds. The Morgan fingerprint density at radius 1 is 1.19 bits per heavy atom. The van der Waals surface area contributed by atoms with E-state index in [1.807, 2.05) is 12.1 Å². The zero-order chi connectivity index (χ0) is 17.9. The summed E-state index contributed by atoms with van der Waals surface area (Å²) in [5.74, 6) is 1.50. The SMILES string of the molecule is CCN1CCC(N2C[C@@H](CO)[C@H](c3nc(-c4ccncc4)no3)C2)CC1. The van der Waals surface area contributed by atoms with E-state index in [1.165, 1.54) is 25.9 Å². The number of pyridine rings is 1. The number of rotatable bonds is 5. The monoisotopic (exact) mass is 357 g/mol. The van der Waals surface area contributed by atoms with Crippen molar-refractivity contribution in [1.29, 1.82) is 0 Å². The van der Waals surface area contributed by atoms with Gasteiger partial charge in [0.2, 0.25) is 11.7 Å². The van der Waals surface area contributed by atoms with Gasteiger partial charge in [-0.05, 0) is 44.6 Å². The van der Waals surface area contributed by atoms with Gasteiger partial charge in [-0.1, -0.05) is 12.1 Å². The van der Waals surface area contributed by atoms with Gasteiger partial charge in [0.25, 0.3) is 0 Å². The van der Waals surface area contributed by atoms with Crippen molar-refractivity contribution in [1.82, 2.24) is 24.9 Å². The van der Waals surface area contributed by atoms with E-state index in [0.717, 1.165) is 25.2 Å². The number of hydrogen-bond acceptors (Lipinski definition) is 7. The van der Waals surface area contributed by atoms with Crippen molar-refractivity contribution >= 4 is 0 Å². The first kappa shape index (κ1) is 17.6. The third kappa shape index (κ3) is 3.51.